The van der Waals surface area contributed by atoms with Crippen LogP contribution in [0.1, 0.15) is 12.8 Å². The first-order valence-corrected chi connectivity index (χ1v) is 7.61. The number of hydrogen-bond acceptors (Lipinski definition) is 4. The molecule has 0 bridgehead atoms. The second-order valence-electron chi connectivity index (χ2n) is 5.75. The molecule has 0 aliphatic carbocycles. The highest BCUT2D eigenvalue weighted by Crippen LogP contribution is 2.16. The fourth-order valence-corrected chi connectivity index (χ4v) is 2.88. The van der Waals surface area contributed by atoms with Crippen molar-refractivity contribution in [3.63, 3.8) is 0 Å². The minimum Gasteiger partial charge on any atom is -0.341 e. The Balaban J connectivity index is 1.75. The summed E-state index contributed by atoms with van der Waals surface area (Å²) in [5, 5.41) is 0.541. The third kappa shape index (κ3) is 2.87. The summed E-state index contributed by atoms with van der Waals surface area (Å²) in [6.07, 6.45) is 3.33. The predicted molar refractivity (Wildman–Crippen MR) is 84.4 cm³/mol. The van der Waals surface area contributed by atoms with Crippen LogP contribution in [0.4, 0.5) is 0 Å². The number of para-hydroxylation sites is 1. The summed E-state index contributed by atoms with van der Waals surface area (Å²) in [4.78, 5) is 30.8. The fraction of sp³-hybridized carbons (Fsp3) is 0.438. The van der Waals surface area contributed by atoms with Gasteiger partial charge in [-0.15, -0.1) is 0 Å². The lowest BCUT2D eigenvalue weighted by atomic mass is 9.97. The molecule has 1 aromatic carbocycles. The molecule has 0 radical (unpaired) electrons. The van der Waals surface area contributed by atoms with Gasteiger partial charge in [-0.05, 0) is 37.4 Å². The molecule has 1 aromatic heterocycles. The van der Waals surface area contributed by atoms with E-state index in [-0.39, 0.29) is 18.0 Å². The molecule has 2 heterocycles. The zero-order chi connectivity index (χ0) is 15.5. The maximum Gasteiger partial charge on any atom is 0.261 e. The number of carbonyl (C=O) groups is 1. The van der Waals surface area contributed by atoms with Gasteiger partial charge in [0.1, 0.15) is 6.54 Å². The molecule has 2 N–H and O–H groups in total. The molecule has 6 heteroatoms. The van der Waals surface area contributed by atoms with Crippen LogP contribution in [0.15, 0.2) is 35.4 Å². The first-order chi connectivity index (χ1) is 10.7. The number of amides is 1. The number of rotatable bonds is 3. The standard InChI is InChI=1S/C16H20N4O2/c17-9-12-5-7-19(8-6-12)15(21)10-20-11-18-14-4-2-1-3-13(14)16(20)22/h1-4,11-12H,5-10,17H2. The topological polar surface area (TPSA) is 81.2 Å². The molecule has 0 atom stereocenters. The maximum atomic E-state index is 12.4. The number of hydrogen-bond donors (Lipinski definition) is 1. The van der Waals surface area contributed by atoms with E-state index in [9.17, 15) is 9.59 Å². The van der Waals surface area contributed by atoms with Crippen molar-refractivity contribution in [1.82, 2.24) is 14.5 Å². The molecular weight excluding hydrogens is 280 g/mol. The smallest absolute Gasteiger partial charge is 0.261 e. The Labute approximate surface area is 128 Å². The fourth-order valence-electron chi connectivity index (χ4n) is 2.88. The van der Waals surface area contributed by atoms with E-state index in [1.54, 1.807) is 18.2 Å². The molecule has 3 rings (SSSR count). The number of nitrogens with zero attached hydrogens (tertiary/aromatic N) is 3. The van der Waals surface area contributed by atoms with Crippen molar-refractivity contribution in [2.45, 2.75) is 19.4 Å². The van der Waals surface area contributed by atoms with Crippen LogP contribution in [0.5, 0.6) is 0 Å². The highest BCUT2D eigenvalue weighted by Gasteiger charge is 2.22. The molecule has 1 fully saturated rings. The van der Waals surface area contributed by atoms with Crippen molar-refractivity contribution in [1.29, 1.82) is 0 Å². The monoisotopic (exact) mass is 300 g/mol. The van der Waals surface area contributed by atoms with Crippen LogP contribution >= 0.6 is 0 Å². The Hall–Kier alpha value is -2.21. The van der Waals surface area contributed by atoms with Gasteiger partial charge in [-0.3, -0.25) is 14.2 Å². The molecule has 1 aliphatic heterocycles. The highest BCUT2D eigenvalue weighted by atomic mass is 16.2. The summed E-state index contributed by atoms with van der Waals surface area (Å²) in [6, 6.07) is 7.17. The summed E-state index contributed by atoms with van der Waals surface area (Å²) in [5.41, 5.74) is 6.15. The third-order valence-electron chi connectivity index (χ3n) is 4.34. The van der Waals surface area contributed by atoms with Crippen LogP contribution in [0, 0.1) is 5.92 Å². The predicted octanol–water partition coefficient (Wildman–Crippen LogP) is 0.594. The van der Waals surface area contributed by atoms with Gasteiger partial charge < -0.3 is 10.6 Å². The van der Waals surface area contributed by atoms with Crippen LogP contribution in [0.2, 0.25) is 0 Å². The van der Waals surface area contributed by atoms with Crippen LogP contribution in [-0.4, -0.2) is 40.0 Å². The zero-order valence-corrected chi connectivity index (χ0v) is 12.4. The molecule has 1 aliphatic rings. The van der Waals surface area contributed by atoms with E-state index in [1.165, 1.54) is 10.9 Å². The summed E-state index contributed by atoms with van der Waals surface area (Å²) < 4.78 is 1.39. The van der Waals surface area contributed by atoms with Gasteiger partial charge in [0.15, 0.2) is 0 Å². The lowest BCUT2D eigenvalue weighted by Crippen LogP contribution is -2.42. The molecule has 22 heavy (non-hydrogen) atoms. The number of nitrogens with two attached hydrogens (primary N) is 1. The second kappa shape index (κ2) is 6.27. The lowest BCUT2D eigenvalue weighted by Gasteiger charge is -2.31. The molecule has 1 amide bonds. The molecule has 6 nitrogen and oxygen atoms in total. The van der Waals surface area contributed by atoms with E-state index in [0.29, 0.717) is 23.4 Å². The highest BCUT2D eigenvalue weighted by molar-refractivity contribution is 5.79. The first kappa shape index (κ1) is 14.7. The van der Waals surface area contributed by atoms with Gasteiger partial charge in [0.2, 0.25) is 5.91 Å². The Morgan fingerprint density at radius 1 is 1.27 bits per heavy atom. The Morgan fingerprint density at radius 3 is 2.73 bits per heavy atom. The van der Waals surface area contributed by atoms with Crippen LogP contribution in [-0.2, 0) is 11.3 Å². The molecule has 116 valence electrons. The van der Waals surface area contributed by atoms with Crippen LogP contribution in [0.25, 0.3) is 10.9 Å². The SMILES string of the molecule is NCC1CCN(C(=O)Cn2cnc3ccccc3c2=O)CC1. The molecule has 0 saturated carbocycles. The molecule has 0 unspecified atom stereocenters. The Kier molecular flexibility index (Phi) is 4.20. The lowest BCUT2D eigenvalue weighted by molar-refractivity contribution is -0.133. The van der Waals surface area contributed by atoms with Gasteiger partial charge in [-0.25, -0.2) is 4.98 Å². The summed E-state index contributed by atoms with van der Waals surface area (Å²) in [7, 11) is 0. The average Bonchev–Trinajstić information content (AvgIpc) is 2.57. The number of piperidine rings is 1. The molecule has 1 saturated heterocycles. The van der Waals surface area contributed by atoms with Crippen molar-refractivity contribution >= 4 is 16.8 Å². The average molecular weight is 300 g/mol. The van der Waals surface area contributed by atoms with E-state index in [2.05, 4.69) is 4.98 Å². The third-order valence-corrected chi connectivity index (χ3v) is 4.34. The van der Waals surface area contributed by atoms with Crippen molar-refractivity contribution in [3.8, 4) is 0 Å². The number of aromatic nitrogens is 2. The molecule has 2 aromatic rings. The van der Waals surface area contributed by atoms with Crippen molar-refractivity contribution in [2.24, 2.45) is 11.7 Å². The van der Waals surface area contributed by atoms with E-state index in [4.69, 9.17) is 5.73 Å². The van der Waals surface area contributed by atoms with Gasteiger partial charge in [0.25, 0.3) is 5.56 Å². The van der Waals surface area contributed by atoms with E-state index in [1.807, 2.05) is 11.0 Å². The normalized spacial score (nSPS) is 16.1. The zero-order valence-electron chi connectivity index (χ0n) is 12.4. The summed E-state index contributed by atoms with van der Waals surface area (Å²) in [6.45, 7) is 2.16. The van der Waals surface area contributed by atoms with E-state index >= 15 is 0 Å². The van der Waals surface area contributed by atoms with Gasteiger partial charge in [-0.2, -0.15) is 0 Å². The maximum absolute atomic E-state index is 12.4. The Morgan fingerprint density at radius 2 is 2.00 bits per heavy atom. The van der Waals surface area contributed by atoms with Gasteiger partial charge in [0.05, 0.1) is 17.2 Å². The quantitative estimate of drug-likeness (QED) is 0.899. The van der Waals surface area contributed by atoms with Crippen LogP contribution < -0.4 is 11.3 Å². The number of benzene rings is 1. The summed E-state index contributed by atoms with van der Waals surface area (Å²) >= 11 is 0. The molecule has 0 spiro atoms. The van der Waals surface area contributed by atoms with E-state index in [0.717, 1.165) is 25.9 Å². The number of likely N-dealkylation sites (tertiary alicyclic amines) is 1. The number of fused-ring (bicyclic) bond motifs is 1. The van der Waals surface area contributed by atoms with Crippen molar-refractivity contribution in [2.75, 3.05) is 19.6 Å². The van der Waals surface area contributed by atoms with E-state index < -0.39 is 0 Å². The summed E-state index contributed by atoms with van der Waals surface area (Å²) in [5.74, 6) is 0.476. The minimum absolute atomic E-state index is 0.0327. The largest absolute Gasteiger partial charge is 0.341 e. The van der Waals surface area contributed by atoms with Gasteiger partial charge in [0, 0.05) is 13.1 Å². The number of carbonyl (C=O) groups excluding carboxylic acids is 1. The van der Waals surface area contributed by atoms with Crippen molar-refractivity contribution in [3.05, 3.63) is 40.9 Å². The van der Waals surface area contributed by atoms with Gasteiger partial charge in [-0.1, -0.05) is 12.1 Å². The first-order valence-electron chi connectivity index (χ1n) is 7.61. The van der Waals surface area contributed by atoms with Gasteiger partial charge >= 0.3 is 0 Å². The second-order valence-corrected chi connectivity index (χ2v) is 5.75. The molecular formula is C16H20N4O2. The minimum atomic E-state index is -0.171. The van der Waals surface area contributed by atoms with Crippen molar-refractivity contribution < 1.29 is 4.79 Å². The Bertz CT molecular complexity index is 732. The van der Waals surface area contributed by atoms with Crippen LogP contribution in [0.3, 0.4) is 0 Å².